The van der Waals surface area contributed by atoms with Gasteiger partial charge in [0.25, 0.3) is 5.91 Å². The number of morpholine rings is 1. The number of rotatable bonds is 5. The summed E-state index contributed by atoms with van der Waals surface area (Å²) in [5.41, 5.74) is 5.71. The molecule has 4 heterocycles. The SMILES string of the molecule is Cc1nc2nc(N3C[C@@H](C)O[C@@H](c4cnn(C5CC5)c4)C3)nc(C34CC(C(F)(F)F)(C3)C4)c2cc1C(N)=O. The van der Waals surface area contributed by atoms with Gasteiger partial charge in [-0.1, -0.05) is 0 Å². The maximum Gasteiger partial charge on any atom is 0.394 e. The molecule has 2 atom stereocenters. The number of ether oxygens (including phenoxy) is 1. The number of alkyl halides is 3. The van der Waals surface area contributed by atoms with E-state index in [2.05, 4.69) is 10.1 Å². The van der Waals surface area contributed by atoms with Crippen LogP contribution in [0.4, 0.5) is 19.1 Å². The molecule has 4 aliphatic carbocycles. The summed E-state index contributed by atoms with van der Waals surface area (Å²) in [6, 6.07) is 2.05. The maximum atomic E-state index is 13.7. The molecule has 38 heavy (non-hydrogen) atoms. The van der Waals surface area contributed by atoms with Crippen molar-refractivity contribution >= 4 is 22.9 Å². The highest BCUT2D eigenvalue weighted by Gasteiger charge is 2.79. The first kappa shape index (κ1) is 23.8. The van der Waals surface area contributed by atoms with Crippen LogP contribution in [0.15, 0.2) is 18.5 Å². The summed E-state index contributed by atoms with van der Waals surface area (Å²) in [4.78, 5) is 28.2. The highest BCUT2D eigenvalue weighted by molar-refractivity contribution is 5.97. The zero-order valence-corrected chi connectivity index (χ0v) is 21.1. The van der Waals surface area contributed by atoms with E-state index in [1.165, 1.54) is 0 Å². The molecular formula is C26H28F3N7O2. The van der Waals surface area contributed by atoms with Crippen LogP contribution >= 0.6 is 0 Å². The van der Waals surface area contributed by atoms with Crippen molar-refractivity contribution in [3.8, 4) is 0 Å². The zero-order chi connectivity index (χ0) is 26.6. The predicted molar refractivity (Wildman–Crippen MR) is 131 cm³/mol. The van der Waals surface area contributed by atoms with Gasteiger partial charge in [-0.3, -0.25) is 9.48 Å². The third kappa shape index (κ3) is 3.45. The number of aryl methyl sites for hydroxylation is 1. The number of primary amides is 1. The number of carbonyl (C=O) groups excluding carboxylic acids is 1. The molecule has 4 saturated carbocycles. The summed E-state index contributed by atoms with van der Waals surface area (Å²) in [6.45, 7) is 4.65. The van der Waals surface area contributed by atoms with Gasteiger partial charge in [0.2, 0.25) is 5.95 Å². The van der Waals surface area contributed by atoms with Gasteiger partial charge in [-0.05, 0) is 52.0 Å². The molecule has 12 heteroatoms. The van der Waals surface area contributed by atoms with Gasteiger partial charge < -0.3 is 15.4 Å². The Morgan fingerprint density at radius 2 is 1.89 bits per heavy atom. The number of carbonyl (C=O) groups is 1. The molecule has 3 aromatic rings. The molecular weight excluding hydrogens is 499 g/mol. The molecule has 0 aromatic carbocycles. The van der Waals surface area contributed by atoms with Crippen molar-refractivity contribution in [1.82, 2.24) is 24.7 Å². The normalized spacial score (nSPS) is 30.7. The molecule has 2 bridgehead atoms. The molecule has 1 saturated heterocycles. The number of pyridine rings is 1. The van der Waals surface area contributed by atoms with E-state index in [0.717, 1.165) is 18.4 Å². The number of anilines is 1. The highest BCUT2D eigenvalue weighted by atomic mass is 19.4. The molecule has 2 N–H and O–H groups in total. The van der Waals surface area contributed by atoms with Crippen molar-refractivity contribution in [1.29, 1.82) is 0 Å². The second kappa shape index (κ2) is 7.64. The number of hydrogen-bond donors (Lipinski definition) is 1. The van der Waals surface area contributed by atoms with Gasteiger partial charge >= 0.3 is 6.18 Å². The molecule has 200 valence electrons. The fourth-order valence-electron chi connectivity index (χ4n) is 6.62. The van der Waals surface area contributed by atoms with E-state index in [-0.39, 0.29) is 37.0 Å². The van der Waals surface area contributed by atoms with E-state index >= 15 is 0 Å². The van der Waals surface area contributed by atoms with Gasteiger partial charge in [0.15, 0.2) is 5.65 Å². The Morgan fingerprint density at radius 3 is 2.55 bits per heavy atom. The standard InChI is InChI=1S/C26H28F3N7O2/c1-13-7-35(9-19(38-13)15-6-31-36(8-15)16-3-4-16)23-33-20(24-10-25(11-24,12-24)26(27,28)29)18-5-17(21(30)37)14(2)32-22(18)34-23/h5-6,8,13,16,19H,3-4,7,9-12H2,1-2H3,(H2,30,37)/t13-,19-,24?,25?/m1/s1. The lowest BCUT2D eigenvalue weighted by molar-refractivity contribution is -0.337. The van der Waals surface area contributed by atoms with Crippen LogP contribution < -0.4 is 10.6 Å². The predicted octanol–water partition coefficient (Wildman–Crippen LogP) is 3.91. The Hall–Kier alpha value is -3.28. The first-order chi connectivity index (χ1) is 18.0. The quantitative estimate of drug-likeness (QED) is 0.535. The van der Waals surface area contributed by atoms with Crippen LogP contribution in [0.5, 0.6) is 0 Å². The van der Waals surface area contributed by atoms with Crippen LogP contribution in [0.1, 0.15) is 78.5 Å². The van der Waals surface area contributed by atoms with E-state index in [9.17, 15) is 18.0 Å². The minimum Gasteiger partial charge on any atom is -0.367 e. The van der Waals surface area contributed by atoms with E-state index in [1.807, 2.05) is 28.9 Å². The summed E-state index contributed by atoms with van der Waals surface area (Å²) < 4.78 is 49.3. The molecule has 0 radical (unpaired) electrons. The van der Waals surface area contributed by atoms with Crippen molar-refractivity contribution in [3.05, 3.63) is 41.0 Å². The Balaban J connectivity index is 1.28. The molecule has 3 aromatic heterocycles. The molecule has 8 rings (SSSR count). The van der Waals surface area contributed by atoms with Crippen LogP contribution in [-0.2, 0) is 10.2 Å². The first-order valence-electron chi connectivity index (χ1n) is 13.0. The average molecular weight is 528 g/mol. The third-order valence-corrected chi connectivity index (χ3v) is 8.72. The topological polar surface area (TPSA) is 112 Å². The van der Waals surface area contributed by atoms with Gasteiger partial charge in [0.05, 0.1) is 47.3 Å². The minimum absolute atomic E-state index is 0.0165. The largest absolute Gasteiger partial charge is 0.394 e. The smallest absolute Gasteiger partial charge is 0.367 e. The average Bonchev–Trinajstić information content (AvgIpc) is 3.51. The molecule has 0 spiro atoms. The fourth-order valence-corrected chi connectivity index (χ4v) is 6.62. The van der Waals surface area contributed by atoms with Crippen LogP contribution in [0, 0.1) is 12.3 Å². The van der Waals surface area contributed by atoms with Crippen LogP contribution in [0.3, 0.4) is 0 Å². The van der Waals surface area contributed by atoms with Crippen LogP contribution in [-0.4, -0.2) is 56.0 Å². The van der Waals surface area contributed by atoms with Crippen molar-refractivity contribution in [2.24, 2.45) is 11.1 Å². The van der Waals surface area contributed by atoms with Gasteiger partial charge in [0, 0.05) is 29.1 Å². The van der Waals surface area contributed by atoms with Gasteiger partial charge in [-0.25, -0.2) is 9.97 Å². The lowest BCUT2D eigenvalue weighted by atomic mass is 9.33. The monoisotopic (exact) mass is 527 g/mol. The Morgan fingerprint density at radius 1 is 1.16 bits per heavy atom. The first-order valence-corrected chi connectivity index (χ1v) is 13.0. The van der Waals surface area contributed by atoms with E-state index < -0.39 is 22.9 Å². The third-order valence-electron chi connectivity index (χ3n) is 8.72. The summed E-state index contributed by atoms with van der Waals surface area (Å²) >= 11 is 0. The number of halogens is 3. The van der Waals surface area contributed by atoms with Gasteiger partial charge in [-0.2, -0.15) is 23.3 Å². The number of nitrogens with two attached hydrogens (primary N) is 1. The second-order valence-electron chi connectivity index (χ2n) is 11.6. The molecule has 0 unspecified atom stereocenters. The summed E-state index contributed by atoms with van der Waals surface area (Å²) in [5, 5.41) is 4.99. The minimum atomic E-state index is -4.24. The lowest BCUT2D eigenvalue weighted by Gasteiger charge is -2.70. The molecule has 5 aliphatic rings. The van der Waals surface area contributed by atoms with E-state index in [4.69, 9.17) is 20.4 Å². The summed E-state index contributed by atoms with van der Waals surface area (Å²) in [7, 11) is 0. The van der Waals surface area contributed by atoms with Gasteiger partial charge in [-0.15, -0.1) is 0 Å². The number of hydrogen-bond acceptors (Lipinski definition) is 7. The lowest BCUT2D eigenvalue weighted by Crippen LogP contribution is -2.70. The van der Waals surface area contributed by atoms with E-state index in [0.29, 0.717) is 47.5 Å². The van der Waals surface area contributed by atoms with E-state index in [1.54, 1.807) is 13.0 Å². The van der Waals surface area contributed by atoms with Crippen molar-refractivity contribution in [2.75, 3.05) is 18.0 Å². The number of aromatic nitrogens is 5. The van der Waals surface area contributed by atoms with Crippen LogP contribution in [0.25, 0.3) is 11.0 Å². The van der Waals surface area contributed by atoms with Crippen molar-refractivity contribution in [2.45, 2.75) is 75.8 Å². The fraction of sp³-hybridized carbons (Fsp3) is 0.577. The Labute approximate surface area is 216 Å². The zero-order valence-electron chi connectivity index (χ0n) is 21.1. The molecule has 5 fully saturated rings. The van der Waals surface area contributed by atoms with Crippen molar-refractivity contribution < 1.29 is 22.7 Å². The number of amides is 1. The van der Waals surface area contributed by atoms with Crippen molar-refractivity contribution in [3.63, 3.8) is 0 Å². The molecule has 9 nitrogen and oxygen atoms in total. The summed E-state index contributed by atoms with van der Waals surface area (Å²) in [6.07, 6.45) is 1.45. The Bertz CT molecular complexity index is 1460. The molecule has 1 amide bonds. The molecule has 1 aliphatic heterocycles. The van der Waals surface area contributed by atoms with Gasteiger partial charge in [0.1, 0.15) is 6.10 Å². The highest BCUT2D eigenvalue weighted by Crippen LogP contribution is 2.78. The Kier molecular flexibility index (Phi) is 4.79. The summed E-state index contributed by atoms with van der Waals surface area (Å²) in [5.74, 6) is -0.236. The second-order valence-corrected chi connectivity index (χ2v) is 11.6. The maximum absolute atomic E-state index is 13.7. The number of fused-ring (bicyclic) bond motifs is 1. The number of nitrogens with zero attached hydrogens (tertiary/aromatic N) is 6. The van der Waals surface area contributed by atoms with Crippen LogP contribution in [0.2, 0.25) is 0 Å².